The molecule has 2 aromatic rings. The second kappa shape index (κ2) is 7.81. The molecule has 1 aliphatic rings. The van der Waals surface area contributed by atoms with Crippen LogP contribution in [-0.2, 0) is 4.79 Å². The number of carbonyl (C=O) groups is 1. The molecule has 3 rings (SSSR count). The molecule has 1 aliphatic heterocycles. The van der Waals surface area contributed by atoms with Gasteiger partial charge in [0.05, 0.1) is 11.8 Å². The summed E-state index contributed by atoms with van der Waals surface area (Å²) in [6.07, 6.45) is 0. The van der Waals surface area contributed by atoms with E-state index in [9.17, 15) is 9.18 Å². The minimum absolute atomic E-state index is 0.0938. The van der Waals surface area contributed by atoms with E-state index >= 15 is 0 Å². The highest BCUT2D eigenvalue weighted by molar-refractivity contribution is 8.00. The van der Waals surface area contributed by atoms with Crippen LogP contribution in [0.4, 0.5) is 4.39 Å². The average Bonchev–Trinajstić information content (AvgIpc) is 2.61. The Labute approximate surface area is 146 Å². The second-order valence-corrected chi connectivity index (χ2v) is 7.01. The highest BCUT2D eigenvalue weighted by Crippen LogP contribution is 2.25. The Bertz CT molecular complexity index is 705. The van der Waals surface area contributed by atoms with Gasteiger partial charge < -0.3 is 10.2 Å². The Morgan fingerprint density at radius 1 is 1.29 bits per heavy atom. The lowest BCUT2D eigenvalue weighted by atomic mass is 10.0. The largest absolute Gasteiger partial charge is 0.332 e. The van der Waals surface area contributed by atoms with Gasteiger partial charge in [-0.3, -0.25) is 4.79 Å². The number of amides is 1. The number of hydrogen-bond donors (Lipinski definition) is 1. The van der Waals surface area contributed by atoms with Gasteiger partial charge in [-0.05, 0) is 36.8 Å². The van der Waals surface area contributed by atoms with Crippen LogP contribution in [0.5, 0.6) is 0 Å². The number of carbonyl (C=O) groups excluding carboxylic acids is 1. The van der Waals surface area contributed by atoms with Gasteiger partial charge in [-0.1, -0.05) is 29.8 Å². The normalized spacial score (nSPS) is 17.8. The fourth-order valence-corrected chi connectivity index (χ4v) is 3.66. The standard InChI is InChI=1S/C19H21FN2OS/c1-14-5-7-17(8-6-14)24-13-19(23)22-10-9-21-12-18(22)15-3-2-4-16(20)11-15/h2-8,11,18,21H,9-10,12-13H2,1H3. The Morgan fingerprint density at radius 3 is 2.83 bits per heavy atom. The van der Waals surface area contributed by atoms with Crippen LogP contribution in [-0.4, -0.2) is 36.2 Å². The van der Waals surface area contributed by atoms with Crippen molar-refractivity contribution in [1.82, 2.24) is 10.2 Å². The Kier molecular flexibility index (Phi) is 5.53. The Balaban J connectivity index is 1.68. The van der Waals surface area contributed by atoms with Gasteiger partial charge in [0.15, 0.2) is 0 Å². The SMILES string of the molecule is Cc1ccc(SCC(=O)N2CCNCC2c2cccc(F)c2)cc1. The molecule has 2 aromatic carbocycles. The third-order valence-corrected chi connectivity index (χ3v) is 5.18. The molecular weight excluding hydrogens is 323 g/mol. The molecule has 1 unspecified atom stereocenters. The van der Waals surface area contributed by atoms with Crippen molar-refractivity contribution >= 4 is 17.7 Å². The molecular formula is C19H21FN2OS. The molecule has 0 spiro atoms. The van der Waals surface area contributed by atoms with E-state index in [1.807, 2.05) is 42.2 Å². The van der Waals surface area contributed by atoms with Gasteiger partial charge in [-0.15, -0.1) is 11.8 Å². The lowest BCUT2D eigenvalue weighted by Gasteiger charge is -2.36. The zero-order valence-corrected chi connectivity index (χ0v) is 14.5. The number of halogens is 1. The van der Waals surface area contributed by atoms with Gasteiger partial charge in [0.1, 0.15) is 5.82 Å². The summed E-state index contributed by atoms with van der Waals surface area (Å²) in [5.41, 5.74) is 2.05. The van der Waals surface area contributed by atoms with Crippen molar-refractivity contribution in [1.29, 1.82) is 0 Å². The summed E-state index contributed by atoms with van der Waals surface area (Å²) in [5.74, 6) is 0.227. The molecule has 126 valence electrons. The minimum atomic E-state index is -0.264. The molecule has 0 bridgehead atoms. The Hall–Kier alpha value is -1.85. The van der Waals surface area contributed by atoms with Crippen LogP contribution in [0, 0.1) is 12.7 Å². The van der Waals surface area contributed by atoms with Crippen molar-refractivity contribution in [2.24, 2.45) is 0 Å². The van der Waals surface area contributed by atoms with Crippen molar-refractivity contribution in [2.45, 2.75) is 17.9 Å². The molecule has 1 N–H and O–H groups in total. The maximum atomic E-state index is 13.5. The number of thioether (sulfide) groups is 1. The first kappa shape index (κ1) is 17.0. The van der Waals surface area contributed by atoms with E-state index in [0.717, 1.165) is 17.0 Å². The summed E-state index contributed by atoms with van der Waals surface area (Å²) in [6, 6.07) is 14.6. The average molecular weight is 344 g/mol. The smallest absolute Gasteiger partial charge is 0.233 e. The van der Waals surface area contributed by atoms with Crippen molar-refractivity contribution in [2.75, 3.05) is 25.4 Å². The summed E-state index contributed by atoms with van der Waals surface area (Å²) < 4.78 is 13.5. The number of rotatable bonds is 4. The van der Waals surface area contributed by atoms with E-state index < -0.39 is 0 Å². The van der Waals surface area contributed by atoms with Gasteiger partial charge >= 0.3 is 0 Å². The summed E-state index contributed by atoms with van der Waals surface area (Å²) in [6.45, 7) is 4.12. The van der Waals surface area contributed by atoms with Crippen LogP contribution in [0.3, 0.4) is 0 Å². The van der Waals surface area contributed by atoms with Crippen molar-refractivity contribution in [3.63, 3.8) is 0 Å². The second-order valence-electron chi connectivity index (χ2n) is 5.96. The zero-order chi connectivity index (χ0) is 16.9. The zero-order valence-electron chi connectivity index (χ0n) is 13.7. The van der Waals surface area contributed by atoms with E-state index in [1.165, 1.54) is 17.7 Å². The molecule has 0 aliphatic carbocycles. The maximum Gasteiger partial charge on any atom is 0.233 e. The number of nitrogens with zero attached hydrogens (tertiary/aromatic N) is 1. The molecule has 0 radical (unpaired) electrons. The quantitative estimate of drug-likeness (QED) is 0.863. The van der Waals surface area contributed by atoms with Crippen LogP contribution in [0.25, 0.3) is 0 Å². The number of aryl methyl sites for hydroxylation is 1. The molecule has 1 amide bonds. The molecule has 1 heterocycles. The molecule has 1 saturated heterocycles. The molecule has 1 atom stereocenters. The first-order chi connectivity index (χ1) is 11.6. The van der Waals surface area contributed by atoms with Crippen LogP contribution in [0.15, 0.2) is 53.4 Å². The van der Waals surface area contributed by atoms with Crippen molar-refractivity contribution in [3.8, 4) is 0 Å². The predicted molar refractivity (Wildman–Crippen MR) is 95.6 cm³/mol. The van der Waals surface area contributed by atoms with Crippen LogP contribution < -0.4 is 5.32 Å². The van der Waals surface area contributed by atoms with Crippen molar-refractivity contribution in [3.05, 3.63) is 65.5 Å². The number of nitrogens with one attached hydrogen (secondary N) is 1. The number of hydrogen-bond acceptors (Lipinski definition) is 3. The monoisotopic (exact) mass is 344 g/mol. The summed E-state index contributed by atoms with van der Waals surface area (Å²) in [5, 5.41) is 3.29. The summed E-state index contributed by atoms with van der Waals surface area (Å²) in [4.78, 5) is 15.6. The van der Waals surface area contributed by atoms with E-state index in [1.54, 1.807) is 17.8 Å². The van der Waals surface area contributed by atoms with Crippen LogP contribution in [0.1, 0.15) is 17.2 Å². The predicted octanol–water partition coefficient (Wildman–Crippen LogP) is 3.40. The minimum Gasteiger partial charge on any atom is -0.332 e. The highest BCUT2D eigenvalue weighted by atomic mass is 32.2. The van der Waals surface area contributed by atoms with Gasteiger partial charge in [0, 0.05) is 24.5 Å². The van der Waals surface area contributed by atoms with Crippen molar-refractivity contribution < 1.29 is 9.18 Å². The Morgan fingerprint density at radius 2 is 2.08 bits per heavy atom. The van der Waals surface area contributed by atoms with Crippen LogP contribution >= 0.6 is 11.8 Å². The first-order valence-electron chi connectivity index (χ1n) is 8.08. The fraction of sp³-hybridized carbons (Fsp3) is 0.316. The molecule has 24 heavy (non-hydrogen) atoms. The maximum absolute atomic E-state index is 13.5. The molecule has 0 saturated carbocycles. The molecule has 5 heteroatoms. The number of piperazine rings is 1. The van der Waals surface area contributed by atoms with Gasteiger partial charge in [0.2, 0.25) is 5.91 Å². The lowest BCUT2D eigenvalue weighted by Crippen LogP contribution is -2.49. The number of benzene rings is 2. The van der Waals surface area contributed by atoms with E-state index in [0.29, 0.717) is 18.8 Å². The lowest BCUT2D eigenvalue weighted by molar-refractivity contribution is -0.131. The summed E-state index contributed by atoms with van der Waals surface area (Å²) >= 11 is 1.55. The highest BCUT2D eigenvalue weighted by Gasteiger charge is 2.27. The molecule has 0 aromatic heterocycles. The fourth-order valence-electron chi connectivity index (χ4n) is 2.88. The molecule has 1 fully saturated rings. The summed E-state index contributed by atoms with van der Waals surface area (Å²) in [7, 11) is 0. The van der Waals surface area contributed by atoms with Gasteiger partial charge in [-0.25, -0.2) is 4.39 Å². The van der Waals surface area contributed by atoms with E-state index in [4.69, 9.17) is 0 Å². The molecule has 3 nitrogen and oxygen atoms in total. The third kappa shape index (κ3) is 4.16. The first-order valence-corrected chi connectivity index (χ1v) is 9.07. The van der Waals surface area contributed by atoms with E-state index in [2.05, 4.69) is 5.32 Å². The van der Waals surface area contributed by atoms with Crippen LogP contribution in [0.2, 0.25) is 0 Å². The van der Waals surface area contributed by atoms with Gasteiger partial charge in [0.25, 0.3) is 0 Å². The third-order valence-electron chi connectivity index (χ3n) is 4.18. The topological polar surface area (TPSA) is 32.3 Å². The van der Waals surface area contributed by atoms with Gasteiger partial charge in [-0.2, -0.15) is 0 Å². The van der Waals surface area contributed by atoms with E-state index in [-0.39, 0.29) is 17.8 Å².